The normalized spacial score (nSPS) is 17.0. The van der Waals surface area contributed by atoms with Crippen LogP contribution in [-0.4, -0.2) is 24.0 Å². The predicted octanol–water partition coefficient (Wildman–Crippen LogP) is 2.05. The minimum Gasteiger partial charge on any atom is -0.493 e. The molecule has 1 amide bonds. The molecular formula is C13H12N2O2S. The van der Waals surface area contributed by atoms with Crippen LogP contribution in [0.25, 0.3) is 0 Å². The highest BCUT2D eigenvalue weighted by molar-refractivity contribution is 7.07. The van der Waals surface area contributed by atoms with Crippen molar-refractivity contribution in [3.05, 3.63) is 46.4 Å². The minimum atomic E-state index is -0.124. The van der Waals surface area contributed by atoms with Gasteiger partial charge in [-0.2, -0.15) is 0 Å². The van der Waals surface area contributed by atoms with Crippen molar-refractivity contribution in [2.45, 2.75) is 5.92 Å². The summed E-state index contributed by atoms with van der Waals surface area (Å²) in [4.78, 5) is 15.7. The summed E-state index contributed by atoms with van der Waals surface area (Å²) in [7, 11) is 0. The van der Waals surface area contributed by atoms with E-state index in [0.717, 1.165) is 11.3 Å². The number of para-hydroxylation sites is 1. The molecule has 4 nitrogen and oxygen atoms in total. The van der Waals surface area contributed by atoms with Crippen LogP contribution in [0.5, 0.6) is 5.75 Å². The van der Waals surface area contributed by atoms with Crippen molar-refractivity contribution in [3.8, 4) is 5.75 Å². The Kier molecular flexibility index (Phi) is 2.98. The van der Waals surface area contributed by atoms with Gasteiger partial charge in [-0.3, -0.25) is 4.79 Å². The third-order valence-electron chi connectivity index (χ3n) is 2.97. The Hall–Kier alpha value is -1.88. The summed E-state index contributed by atoms with van der Waals surface area (Å²) in [6.45, 7) is 1.20. The lowest BCUT2D eigenvalue weighted by Crippen LogP contribution is -2.29. The topological polar surface area (TPSA) is 51.2 Å². The minimum absolute atomic E-state index is 0.124. The van der Waals surface area contributed by atoms with Gasteiger partial charge in [0, 0.05) is 23.4 Å². The maximum atomic E-state index is 11.8. The van der Waals surface area contributed by atoms with Crippen molar-refractivity contribution in [2.75, 3.05) is 13.2 Å². The third-order valence-corrected chi connectivity index (χ3v) is 3.56. The van der Waals surface area contributed by atoms with E-state index >= 15 is 0 Å². The number of carbonyl (C=O) groups excluding carboxylic acids is 1. The Morgan fingerprint density at radius 1 is 1.50 bits per heavy atom. The van der Waals surface area contributed by atoms with Crippen LogP contribution in [0, 0.1) is 0 Å². The molecule has 0 saturated heterocycles. The lowest BCUT2D eigenvalue weighted by Gasteiger charge is -2.09. The summed E-state index contributed by atoms with van der Waals surface area (Å²) in [5.41, 5.74) is 3.30. The molecule has 0 spiro atoms. The summed E-state index contributed by atoms with van der Waals surface area (Å²) >= 11 is 1.42. The van der Waals surface area contributed by atoms with Gasteiger partial charge >= 0.3 is 0 Å². The number of hydrogen-bond acceptors (Lipinski definition) is 4. The van der Waals surface area contributed by atoms with Crippen LogP contribution in [0.4, 0.5) is 0 Å². The molecule has 5 heteroatoms. The number of rotatable bonds is 3. The standard InChI is InChI=1S/C13H12N2O2S/c16-13(11-7-18-8-15-11)14-5-9-6-17-12-4-2-1-3-10(9)12/h1-4,7-9H,5-6H2,(H,14,16)/t9-/m1/s1. The molecule has 3 rings (SSSR count). The SMILES string of the molecule is O=C(NC[C@@H]1COc2ccccc21)c1cscn1. The quantitative estimate of drug-likeness (QED) is 0.919. The third kappa shape index (κ3) is 2.09. The van der Waals surface area contributed by atoms with Gasteiger partial charge in [-0.25, -0.2) is 4.98 Å². The number of nitrogens with one attached hydrogen (secondary N) is 1. The molecule has 18 heavy (non-hydrogen) atoms. The first-order chi connectivity index (χ1) is 8.84. The van der Waals surface area contributed by atoms with Crippen LogP contribution in [0.1, 0.15) is 22.0 Å². The Labute approximate surface area is 109 Å². The van der Waals surface area contributed by atoms with E-state index in [1.54, 1.807) is 10.9 Å². The highest BCUT2D eigenvalue weighted by atomic mass is 32.1. The van der Waals surface area contributed by atoms with Gasteiger partial charge in [0.2, 0.25) is 0 Å². The van der Waals surface area contributed by atoms with E-state index in [-0.39, 0.29) is 11.8 Å². The van der Waals surface area contributed by atoms with Crippen LogP contribution in [0.2, 0.25) is 0 Å². The second-order valence-electron chi connectivity index (χ2n) is 4.13. The number of thiazole rings is 1. The van der Waals surface area contributed by atoms with Gasteiger partial charge in [-0.15, -0.1) is 11.3 Å². The first-order valence-corrected chi connectivity index (χ1v) is 6.67. The zero-order valence-electron chi connectivity index (χ0n) is 9.63. The summed E-state index contributed by atoms with van der Waals surface area (Å²) in [5.74, 6) is 1.02. The number of amides is 1. The van der Waals surface area contributed by atoms with Gasteiger partial charge in [0.15, 0.2) is 0 Å². The van der Waals surface area contributed by atoms with Gasteiger partial charge in [0.1, 0.15) is 11.4 Å². The first kappa shape index (κ1) is 11.2. The molecule has 92 valence electrons. The number of nitrogens with zero attached hydrogens (tertiary/aromatic N) is 1. The number of carbonyl (C=O) groups is 1. The fraction of sp³-hybridized carbons (Fsp3) is 0.231. The smallest absolute Gasteiger partial charge is 0.270 e. The van der Waals surface area contributed by atoms with Gasteiger partial charge in [-0.1, -0.05) is 18.2 Å². The molecule has 1 aliphatic heterocycles. The number of hydrogen-bond donors (Lipinski definition) is 1. The van der Waals surface area contributed by atoms with Crippen molar-refractivity contribution in [2.24, 2.45) is 0 Å². The second kappa shape index (κ2) is 4.78. The van der Waals surface area contributed by atoms with E-state index in [1.807, 2.05) is 24.3 Å². The van der Waals surface area contributed by atoms with Crippen LogP contribution in [0.15, 0.2) is 35.2 Å². The Balaban J connectivity index is 1.64. The van der Waals surface area contributed by atoms with Gasteiger partial charge < -0.3 is 10.1 Å². The Morgan fingerprint density at radius 3 is 3.22 bits per heavy atom. The zero-order valence-corrected chi connectivity index (χ0v) is 10.4. The first-order valence-electron chi connectivity index (χ1n) is 5.72. The number of aromatic nitrogens is 1. The van der Waals surface area contributed by atoms with Crippen molar-refractivity contribution in [1.29, 1.82) is 0 Å². The van der Waals surface area contributed by atoms with E-state index in [1.165, 1.54) is 11.3 Å². The summed E-state index contributed by atoms with van der Waals surface area (Å²) in [5, 5.41) is 4.64. The number of benzene rings is 1. The molecule has 1 atom stereocenters. The van der Waals surface area contributed by atoms with E-state index in [0.29, 0.717) is 18.8 Å². The number of fused-ring (bicyclic) bond motifs is 1. The molecule has 1 aromatic heterocycles. The van der Waals surface area contributed by atoms with Crippen molar-refractivity contribution >= 4 is 17.2 Å². The van der Waals surface area contributed by atoms with Crippen molar-refractivity contribution in [1.82, 2.24) is 10.3 Å². The van der Waals surface area contributed by atoms with Crippen LogP contribution >= 0.6 is 11.3 Å². The van der Waals surface area contributed by atoms with Crippen LogP contribution in [0.3, 0.4) is 0 Å². The van der Waals surface area contributed by atoms with Gasteiger partial charge in [0.25, 0.3) is 5.91 Å². The molecule has 0 unspecified atom stereocenters. The van der Waals surface area contributed by atoms with E-state index in [9.17, 15) is 4.79 Å². The average Bonchev–Trinajstić information content (AvgIpc) is 3.06. The molecule has 0 saturated carbocycles. The van der Waals surface area contributed by atoms with E-state index < -0.39 is 0 Å². The number of ether oxygens (including phenoxy) is 1. The molecular weight excluding hydrogens is 248 g/mol. The molecule has 0 aliphatic carbocycles. The molecule has 2 heterocycles. The summed E-state index contributed by atoms with van der Waals surface area (Å²) in [6, 6.07) is 7.94. The van der Waals surface area contributed by atoms with Crippen LogP contribution < -0.4 is 10.1 Å². The predicted molar refractivity (Wildman–Crippen MR) is 69.1 cm³/mol. The molecule has 0 fully saturated rings. The molecule has 2 aromatic rings. The maximum Gasteiger partial charge on any atom is 0.270 e. The highest BCUT2D eigenvalue weighted by Crippen LogP contribution is 2.32. The molecule has 1 aliphatic rings. The summed E-state index contributed by atoms with van der Waals surface area (Å²) in [6.07, 6.45) is 0. The monoisotopic (exact) mass is 260 g/mol. The van der Waals surface area contributed by atoms with E-state index in [4.69, 9.17) is 4.74 Å². The lowest BCUT2D eigenvalue weighted by atomic mass is 10.0. The second-order valence-corrected chi connectivity index (χ2v) is 4.85. The Bertz CT molecular complexity index is 554. The largest absolute Gasteiger partial charge is 0.493 e. The zero-order chi connectivity index (χ0) is 12.4. The van der Waals surface area contributed by atoms with Gasteiger partial charge in [0.05, 0.1) is 12.1 Å². The molecule has 1 aromatic carbocycles. The molecule has 0 radical (unpaired) electrons. The fourth-order valence-corrected chi connectivity index (χ4v) is 2.56. The van der Waals surface area contributed by atoms with Gasteiger partial charge in [-0.05, 0) is 6.07 Å². The lowest BCUT2D eigenvalue weighted by molar-refractivity contribution is 0.0946. The van der Waals surface area contributed by atoms with Crippen molar-refractivity contribution in [3.63, 3.8) is 0 Å². The van der Waals surface area contributed by atoms with E-state index in [2.05, 4.69) is 10.3 Å². The molecule has 0 bridgehead atoms. The summed E-state index contributed by atoms with van der Waals surface area (Å²) < 4.78 is 5.57. The van der Waals surface area contributed by atoms with Crippen molar-refractivity contribution < 1.29 is 9.53 Å². The fourth-order valence-electron chi connectivity index (χ4n) is 2.03. The Morgan fingerprint density at radius 2 is 2.39 bits per heavy atom. The maximum absolute atomic E-state index is 11.8. The van der Waals surface area contributed by atoms with Crippen LogP contribution in [-0.2, 0) is 0 Å². The molecule has 1 N–H and O–H groups in total. The highest BCUT2D eigenvalue weighted by Gasteiger charge is 2.24. The average molecular weight is 260 g/mol.